The lowest BCUT2D eigenvalue weighted by atomic mass is 9.85. The van der Waals surface area contributed by atoms with E-state index in [1.165, 1.54) is 37.9 Å². The van der Waals surface area contributed by atoms with Gasteiger partial charge in [-0.25, -0.2) is 0 Å². The van der Waals surface area contributed by atoms with Crippen LogP contribution in [0.4, 0.5) is 0 Å². The number of rotatable bonds is 6. The molecule has 0 radical (unpaired) electrons. The molecule has 1 fully saturated rings. The van der Waals surface area contributed by atoms with Crippen molar-refractivity contribution in [2.24, 2.45) is 0 Å². The molecular formula is C18H30N2O. The third-order valence-corrected chi connectivity index (χ3v) is 4.74. The highest BCUT2D eigenvalue weighted by Gasteiger charge is 2.37. The molecule has 21 heavy (non-hydrogen) atoms. The fraction of sp³-hybridized carbons (Fsp3) is 0.667. The van der Waals surface area contributed by atoms with Gasteiger partial charge in [0.2, 0.25) is 0 Å². The van der Waals surface area contributed by atoms with Crippen molar-refractivity contribution in [1.82, 2.24) is 10.2 Å². The molecule has 1 aliphatic rings. The number of likely N-dealkylation sites (N-methyl/N-ethyl adjacent to an activating group) is 1. The maximum atomic E-state index is 5.60. The standard InChI is InChI=1S/C18H30N2O/c1-5-19-17(15-11-7-8-12-16(15)21-4)18(2,3)20-13-9-6-10-14-20/h7-8,11-12,17,19H,5-6,9-10,13-14H2,1-4H3. The summed E-state index contributed by atoms with van der Waals surface area (Å²) in [5, 5.41) is 3.69. The van der Waals surface area contributed by atoms with Gasteiger partial charge >= 0.3 is 0 Å². The lowest BCUT2D eigenvalue weighted by Crippen LogP contribution is -2.54. The molecule has 1 aromatic rings. The third-order valence-electron chi connectivity index (χ3n) is 4.74. The molecule has 1 heterocycles. The highest BCUT2D eigenvalue weighted by atomic mass is 16.5. The summed E-state index contributed by atoms with van der Waals surface area (Å²) in [6, 6.07) is 8.68. The molecule has 0 aliphatic carbocycles. The van der Waals surface area contributed by atoms with E-state index in [-0.39, 0.29) is 11.6 Å². The molecule has 0 bridgehead atoms. The average Bonchev–Trinajstić information content (AvgIpc) is 2.53. The van der Waals surface area contributed by atoms with Crippen LogP contribution in [0.5, 0.6) is 5.75 Å². The third kappa shape index (κ3) is 3.58. The summed E-state index contributed by atoms with van der Waals surface area (Å²) in [7, 11) is 1.76. The molecule has 0 saturated carbocycles. The quantitative estimate of drug-likeness (QED) is 0.866. The number of para-hydroxylation sites is 1. The van der Waals surface area contributed by atoms with Gasteiger partial charge < -0.3 is 10.1 Å². The van der Waals surface area contributed by atoms with Gasteiger partial charge in [0.25, 0.3) is 0 Å². The van der Waals surface area contributed by atoms with Crippen LogP contribution in [-0.2, 0) is 0 Å². The molecule has 1 N–H and O–H groups in total. The van der Waals surface area contributed by atoms with E-state index in [4.69, 9.17) is 4.74 Å². The Morgan fingerprint density at radius 1 is 1.19 bits per heavy atom. The van der Waals surface area contributed by atoms with Gasteiger partial charge in [0.1, 0.15) is 5.75 Å². The molecule has 1 atom stereocenters. The maximum Gasteiger partial charge on any atom is 0.123 e. The molecule has 118 valence electrons. The molecule has 0 amide bonds. The van der Waals surface area contributed by atoms with Crippen molar-refractivity contribution in [2.75, 3.05) is 26.7 Å². The average molecular weight is 290 g/mol. The van der Waals surface area contributed by atoms with E-state index in [9.17, 15) is 0 Å². The van der Waals surface area contributed by atoms with Crippen LogP contribution in [0.1, 0.15) is 51.6 Å². The highest BCUT2D eigenvalue weighted by molar-refractivity contribution is 5.37. The topological polar surface area (TPSA) is 24.5 Å². The largest absolute Gasteiger partial charge is 0.496 e. The Kier molecular flexibility index (Phi) is 5.65. The molecule has 0 aromatic heterocycles. The fourth-order valence-corrected chi connectivity index (χ4v) is 3.50. The van der Waals surface area contributed by atoms with E-state index in [2.05, 4.69) is 49.2 Å². The highest BCUT2D eigenvalue weighted by Crippen LogP contribution is 2.37. The second-order valence-electron chi connectivity index (χ2n) is 6.43. The molecular weight excluding hydrogens is 260 g/mol. The second kappa shape index (κ2) is 7.28. The Hall–Kier alpha value is -1.06. The van der Waals surface area contributed by atoms with Crippen LogP contribution >= 0.6 is 0 Å². The van der Waals surface area contributed by atoms with Crippen molar-refractivity contribution in [3.8, 4) is 5.75 Å². The van der Waals surface area contributed by atoms with Crippen LogP contribution in [0.25, 0.3) is 0 Å². The molecule has 3 nitrogen and oxygen atoms in total. The number of piperidine rings is 1. The smallest absolute Gasteiger partial charge is 0.123 e. The van der Waals surface area contributed by atoms with Crippen LogP contribution < -0.4 is 10.1 Å². The van der Waals surface area contributed by atoms with Gasteiger partial charge in [0.05, 0.1) is 13.2 Å². The number of nitrogens with zero attached hydrogens (tertiary/aromatic N) is 1. The summed E-state index contributed by atoms with van der Waals surface area (Å²) in [4.78, 5) is 2.64. The number of methoxy groups -OCH3 is 1. The Balaban J connectivity index is 2.32. The van der Waals surface area contributed by atoms with E-state index in [0.717, 1.165) is 12.3 Å². The van der Waals surface area contributed by atoms with E-state index in [0.29, 0.717) is 0 Å². The zero-order valence-corrected chi connectivity index (χ0v) is 14.0. The summed E-state index contributed by atoms with van der Waals surface area (Å²) in [5.41, 5.74) is 1.34. The summed E-state index contributed by atoms with van der Waals surface area (Å²) in [6.07, 6.45) is 4.00. The Morgan fingerprint density at radius 2 is 1.86 bits per heavy atom. The molecule has 1 saturated heterocycles. The van der Waals surface area contributed by atoms with Crippen molar-refractivity contribution in [2.45, 2.75) is 51.6 Å². The predicted octanol–water partition coefficient (Wildman–Crippen LogP) is 3.61. The number of benzene rings is 1. The van der Waals surface area contributed by atoms with Gasteiger partial charge in [-0.1, -0.05) is 31.5 Å². The van der Waals surface area contributed by atoms with Crippen LogP contribution in [0.3, 0.4) is 0 Å². The van der Waals surface area contributed by atoms with Crippen molar-refractivity contribution >= 4 is 0 Å². The lowest BCUT2D eigenvalue weighted by molar-refractivity contribution is 0.0605. The van der Waals surface area contributed by atoms with Gasteiger partial charge in [-0.15, -0.1) is 0 Å². The van der Waals surface area contributed by atoms with Crippen molar-refractivity contribution in [3.05, 3.63) is 29.8 Å². The number of nitrogens with one attached hydrogen (secondary N) is 1. The second-order valence-corrected chi connectivity index (χ2v) is 6.43. The minimum absolute atomic E-state index is 0.0745. The van der Waals surface area contributed by atoms with Crippen molar-refractivity contribution < 1.29 is 4.74 Å². The minimum Gasteiger partial charge on any atom is -0.496 e. The van der Waals surface area contributed by atoms with Gasteiger partial charge in [-0.2, -0.15) is 0 Å². The Bertz CT molecular complexity index is 439. The molecule has 1 aromatic carbocycles. The van der Waals surface area contributed by atoms with E-state index in [1.54, 1.807) is 7.11 Å². The first-order chi connectivity index (χ1) is 10.1. The van der Waals surface area contributed by atoms with Gasteiger partial charge in [0, 0.05) is 11.1 Å². The van der Waals surface area contributed by atoms with E-state index in [1.807, 2.05) is 6.07 Å². The van der Waals surface area contributed by atoms with Crippen LogP contribution in [0, 0.1) is 0 Å². The van der Waals surface area contributed by atoms with Crippen molar-refractivity contribution in [3.63, 3.8) is 0 Å². The monoisotopic (exact) mass is 290 g/mol. The first-order valence-corrected chi connectivity index (χ1v) is 8.22. The predicted molar refractivity (Wildman–Crippen MR) is 88.9 cm³/mol. The summed E-state index contributed by atoms with van der Waals surface area (Å²) in [6.45, 7) is 10.2. The lowest BCUT2D eigenvalue weighted by Gasteiger charge is -2.46. The fourth-order valence-electron chi connectivity index (χ4n) is 3.50. The molecule has 3 heteroatoms. The zero-order chi connectivity index (χ0) is 15.3. The van der Waals surface area contributed by atoms with Crippen LogP contribution in [0.2, 0.25) is 0 Å². The molecule has 1 aliphatic heterocycles. The summed E-state index contributed by atoms with van der Waals surface area (Å²) in [5.74, 6) is 0.980. The zero-order valence-electron chi connectivity index (χ0n) is 14.0. The molecule has 0 spiro atoms. The van der Waals surface area contributed by atoms with Crippen LogP contribution in [0.15, 0.2) is 24.3 Å². The summed E-state index contributed by atoms with van der Waals surface area (Å²) >= 11 is 0. The number of likely N-dealkylation sites (tertiary alicyclic amines) is 1. The van der Waals surface area contributed by atoms with Crippen molar-refractivity contribution in [1.29, 1.82) is 0 Å². The first-order valence-electron chi connectivity index (χ1n) is 8.22. The number of ether oxygens (including phenoxy) is 1. The number of hydrogen-bond acceptors (Lipinski definition) is 3. The molecule has 1 unspecified atom stereocenters. The Labute approximate surface area is 129 Å². The van der Waals surface area contributed by atoms with E-state index >= 15 is 0 Å². The maximum absolute atomic E-state index is 5.60. The number of hydrogen-bond donors (Lipinski definition) is 1. The summed E-state index contributed by atoms with van der Waals surface area (Å²) < 4.78 is 5.60. The van der Waals surface area contributed by atoms with Gasteiger partial charge in [-0.3, -0.25) is 4.90 Å². The van der Waals surface area contributed by atoms with Crippen LogP contribution in [-0.4, -0.2) is 37.2 Å². The van der Waals surface area contributed by atoms with E-state index < -0.39 is 0 Å². The molecule has 2 rings (SSSR count). The Morgan fingerprint density at radius 3 is 2.48 bits per heavy atom. The van der Waals surface area contributed by atoms with Gasteiger partial charge in [0.15, 0.2) is 0 Å². The van der Waals surface area contributed by atoms with Gasteiger partial charge in [-0.05, 0) is 52.4 Å². The first kappa shape index (κ1) is 16.3. The minimum atomic E-state index is 0.0745. The SMILES string of the molecule is CCNC(c1ccccc1OC)C(C)(C)N1CCCCC1. The normalized spacial score (nSPS) is 18.5.